The van der Waals surface area contributed by atoms with E-state index in [1.165, 1.54) is 11.1 Å². The van der Waals surface area contributed by atoms with Crippen LogP contribution in [0.4, 0.5) is 0 Å². The predicted molar refractivity (Wildman–Crippen MR) is 55.1 cm³/mol. The smallest absolute Gasteiger partial charge is 0.0666 e. The van der Waals surface area contributed by atoms with E-state index in [0.717, 1.165) is 25.7 Å². The number of rotatable bonds is 2. The van der Waals surface area contributed by atoms with Gasteiger partial charge in [-0.05, 0) is 25.7 Å². The van der Waals surface area contributed by atoms with Crippen LogP contribution in [0.5, 0.6) is 0 Å². The highest BCUT2D eigenvalue weighted by Crippen LogP contribution is 2.24. The molecule has 0 atom stereocenters. The molecule has 0 saturated heterocycles. The summed E-state index contributed by atoms with van der Waals surface area (Å²) >= 11 is 0. The molecule has 0 aliphatic heterocycles. The minimum absolute atomic E-state index is 0.491. The Labute approximate surface area is 85.2 Å². The Kier molecular flexibility index (Phi) is 4.51. The quantitative estimate of drug-likeness (QED) is 0.621. The zero-order chi connectivity index (χ0) is 10.2. The molecular weight excluding hydrogens is 172 g/mol. The van der Waals surface area contributed by atoms with Gasteiger partial charge in [0.15, 0.2) is 0 Å². The molecule has 0 radical (unpaired) electrons. The molecule has 0 aromatic rings. The van der Waals surface area contributed by atoms with Crippen LogP contribution in [0.25, 0.3) is 0 Å². The van der Waals surface area contributed by atoms with Crippen LogP contribution in [0, 0.1) is 22.7 Å². The van der Waals surface area contributed by atoms with Gasteiger partial charge in [-0.25, -0.2) is 0 Å². The number of hydrogen-bond acceptors (Lipinski definition) is 2. The van der Waals surface area contributed by atoms with Crippen molar-refractivity contribution in [1.82, 2.24) is 0 Å². The van der Waals surface area contributed by atoms with E-state index in [1.54, 1.807) is 0 Å². The molecular formula is C12H14N2. The lowest BCUT2D eigenvalue weighted by Crippen LogP contribution is -1.94. The van der Waals surface area contributed by atoms with Crippen molar-refractivity contribution >= 4 is 0 Å². The summed E-state index contributed by atoms with van der Waals surface area (Å²) in [6, 6.07) is 4.37. The minimum Gasteiger partial charge on any atom is -0.198 e. The van der Waals surface area contributed by atoms with Gasteiger partial charge in [0.05, 0.1) is 25.0 Å². The molecule has 1 aliphatic rings. The third-order valence-electron chi connectivity index (χ3n) is 2.48. The summed E-state index contributed by atoms with van der Waals surface area (Å²) in [6.07, 6.45) is 9.22. The van der Waals surface area contributed by atoms with Crippen LogP contribution in [0.2, 0.25) is 0 Å². The summed E-state index contributed by atoms with van der Waals surface area (Å²) in [4.78, 5) is 0. The van der Waals surface area contributed by atoms with Gasteiger partial charge in [-0.15, -0.1) is 0 Å². The van der Waals surface area contributed by atoms with Crippen LogP contribution in [0.15, 0.2) is 23.3 Å². The summed E-state index contributed by atoms with van der Waals surface area (Å²) in [7, 11) is 0. The predicted octanol–water partition coefficient (Wildman–Crippen LogP) is 3.24. The van der Waals surface area contributed by atoms with Crippen molar-refractivity contribution in [3.05, 3.63) is 23.3 Å². The van der Waals surface area contributed by atoms with E-state index in [-0.39, 0.29) is 0 Å². The normalized spacial score (nSPS) is 24.1. The van der Waals surface area contributed by atoms with Crippen LogP contribution in [0.1, 0.15) is 38.5 Å². The Bertz CT molecular complexity index is 291. The second-order valence-corrected chi connectivity index (χ2v) is 3.43. The number of hydrogen-bond donors (Lipinski definition) is 0. The Morgan fingerprint density at radius 1 is 0.929 bits per heavy atom. The maximum atomic E-state index is 8.68. The van der Waals surface area contributed by atoms with E-state index in [0.29, 0.717) is 12.8 Å². The second-order valence-electron chi connectivity index (χ2n) is 3.43. The van der Waals surface area contributed by atoms with Gasteiger partial charge >= 0.3 is 0 Å². The Morgan fingerprint density at radius 2 is 1.36 bits per heavy atom. The summed E-state index contributed by atoms with van der Waals surface area (Å²) in [5.41, 5.74) is 2.39. The van der Waals surface area contributed by atoms with E-state index >= 15 is 0 Å². The molecule has 0 aromatic heterocycles. The van der Waals surface area contributed by atoms with E-state index in [4.69, 9.17) is 10.5 Å². The Morgan fingerprint density at radius 3 is 1.71 bits per heavy atom. The molecule has 0 heterocycles. The van der Waals surface area contributed by atoms with Gasteiger partial charge in [-0.3, -0.25) is 0 Å². The fourth-order valence-electron chi connectivity index (χ4n) is 1.72. The molecule has 2 heteroatoms. The van der Waals surface area contributed by atoms with Crippen molar-refractivity contribution < 1.29 is 0 Å². The molecule has 0 spiro atoms. The first-order valence-electron chi connectivity index (χ1n) is 4.97. The van der Waals surface area contributed by atoms with E-state index in [9.17, 15) is 0 Å². The van der Waals surface area contributed by atoms with Crippen molar-refractivity contribution in [2.45, 2.75) is 38.5 Å². The zero-order valence-corrected chi connectivity index (χ0v) is 8.29. The first-order valence-corrected chi connectivity index (χ1v) is 4.97. The molecule has 1 rings (SSSR count). The lowest BCUT2D eigenvalue weighted by atomic mass is 9.93. The maximum Gasteiger partial charge on any atom is 0.0666 e. The first-order chi connectivity index (χ1) is 6.88. The third-order valence-corrected chi connectivity index (χ3v) is 2.48. The number of nitriles is 2. The molecule has 0 fully saturated rings. The zero-order valence-electron chi connectivity index (χ0n) is 8.29. The summed E-state index contributed by atoms with van der Waals surface area (Å²) in [5, 5.41) is 17.4. The standard InChI is InChI=1S/C12H14N2/c13-9-7-11-5-3-1-2-4-6-12(11)8-10-14/h1-2H,3-8H2/b2-1-,12-11-. The van der Waals surface area contributed by atoms with Gasteiger partial charge in [-0.2, -0.15) is 10.5 Å². The van der Waals surface area contributed by atoms with Gasteiger partial charge in [0.25, 0.3) is 0 Å². The average molecular weight is 186 g/mol. The summed E-state index contributed by atoms with van der Waals surface area (Å²) in [6.45, 7) is 0. The Balaban J connectivity index is 2.78. The van der Waals surface area contributed by atoms with Crippen molar-refractivity contribution in [2.75, 3.05) is 0 Å². The fraction of sp³-hybridized carbons (Fsp3) is 0.500. The third kappa shape index (κ3) is 3.07. The molecule has 72 valence electrons. The van der Waals surface area contributed by atoms with E-state index in [2.05, 4.69) is 24.3 Å². The topological polar surface area (TPSA) is 47.6 Å². The molecule has 0 amide bonds. The lowest BCUT2D eigenvalue weighted by molar-refractivity contribution is 0.827. The molecule has 0 unspecified atom stereocenters. The summed E-state index contributed by atoms with van der Waals surface area (Å²) < 4.78 is 0. The van der Waals surface area contributed by atoms with Gasteiger partial charge in [0, 0.05) is 0 Å². The van der Waals surface area contributed by atoms with E-state index in [1.807, 2.05) is 0 Å². The SMILES string of the molecule is N#CC/C1=C(\CC#N)CC/C=C\CC1. The summed E-state index contributed by atoms with van der Waals surface area (Å²) in [5.74, 6) is 0. The highest BCUT2D eigenvalue weighted by atomic mass is 14.3. The van der Waals surface area contributed by atoms with Gasteiger partial charge in [-0.1, -0.05) is 23.3 Å². The highest BCUT2D eigenvalue weighted by molar-refractivity contribution is 5.22. The lowest BCUT2D eigenvalue weighted by Gasteiger charge is -2.11. The van der Waals surface area contributed by atoms with Crippen LogP contribution >= 0.6 is 0 Å². The molecule has 0 saturated carbocycles. The Hall–Kier alpha value is -1.54. The van der Waals surface area contributed by atoms with Crippen molar-refractivity contribution in [3.63, 3.8) is 0 Å². The average Bonchev–Trinajstić information content (AvgIpc) is 2.16. The monoisotopic (exact) mass is 186 g/mol. The highest BCUT2D eigenvalue weighted by Gasteiger charge is 2.07. The molecule has 0 bridgehead atoms. The molecule has 0 aromatic carbocycles. The second kappa shape index (κ2) is 6.00. The minimum atomic E-state index is 0.491. The number of nitrogens with zero attached hydrogens (tertiary/aromatic N) is 2. The van der Waals surface area contributed by atoms with Crippen LogP contribution in [-0.2, 0) is 0 Å². The fourth-order valence-corrected chi connectivity index (χ4v) is 1.72. The van der Waals surface area contributed by atoms with Gasteiger partial charge < -0.3 is 0 Å². The van der Waals surface area contributed by atoms with Crippen LogP contribution in [-0.4, -0.2) is 0 Å². The molecule has 2 nitrogen and oxygen atoms in total. The van der Waals surface area contributed by atoms with Crippen molar-refractivity contribution in [1.29, 1.82) is 10.5 Å². The van der Waals surface area contributed by atoms with Crippen LogP contribution < -0.4 is 0 Å². The van der Waals surface area contributed by atoms with Crippen molar-refractivity contribution in [2.24, 2.45) is 0 Å². The van der Waals surface area contributed by atoms with Crippen molar-refractivity contribution in [3.8, 4) is 12.1 Å². The van der Waals surface area contributed by atoms with Crippen LogP contribution in [0.3, 0.4) is 0 Å². The van der Waals surface area contributed by atoms with E-state index < -0.39 is 0 Å². The molecule has 0 N–H and O–H groups in total. The van der Waals surface area contributed by atoms with Gasteiger partial charge in [0.2, 0.25) is 0 Å². The molecule has 1 aliphatic carbocycles. The van der Waals surface area contributed by atoms with Gasteiger partial charge in [0.1, 0.15) is 0 Å². The first kappa shape index (κ1) is 10.5. The largest absolute Gasteiger partial charge is 0.198 e. The molecule has 14 heavy (non-hydrogen) atoms. The number of allylic oxidation sites excluding steroid dienone is 4. The maximum absolute atomic E-state index is 8.68.